The van der Waals surface area contributed by atoms with Gasteiger partial charge >= 0.3 is 5.76 Å². The van der Waals surface area contributed by atoms with Gasteiger partial charge in [-0.1, -0.05) is 26.0 Å². The molecule has 0 spiro atoms. The number of aromatic nitrogens is 3. The Bertz CT molecular complexity index is 1080. The monoisotopic (exact) mass is 411 g/mol. The number of piperazine rings is 1. The van der Waals surface area contributed by atoms with E-state index in [-0.39, 0.29) is 12.5 Å². The number of fused-ring (bicyclic) bond motifs is 1. The molecule has 0 radical (unpaired) electrons. The lowest BCUT2D eigenvalue weighted by molar-refractivity contribution is -0.132. The second-order valence-electron chi connectivity index (χ2n) is 7.71. The van der Waals surface area contributed by atoms with Crippen LogP contribution in [0, 0.1) is 5.92 Å². The van der Waals surface area contributed by atoms with Crippen molar-refractivity contribution in [2.75, 3.05) is 37.7 Å². The van der Waals surface area contributed by atoms with Gasteiger partial charge in [0.25, 0.3) is 0 Å². The van der Waals surface area contributed by atoms with E-state index in [2.05, 4.69) is 28.7 Å². The van der Waals surface area contributed by atoms with E-state index < -0.39 is 5.76 Å². The van der Waals surface area contributed by atoms with Gasteiger partial charge in [0.05, 0.1) is 12.1 Å². The Kier molecular flexibility index (Phi) is 5.69. The number of rotatable bonds is 6. The number of benzene rings is 1. The number of carbonyl (C=O) groups excluding carboxylic acids is 1. The van der Waals surface area contributed by atoms with Crippen LogP contribution in [0.1, 0.15) is 13.8 Å². The summed E-state index contributed by atoms with van der Waals surface area (Å²) < 4.78 is 12.3. The van der Waals surface area contributed by atoms with E-state index in [9.17, 15) is 9.59 Å². The number of anilines is 1. The number of para-hydroxylation sites is 2. The van der Waals surface area contributed by atoms with Gasteiger partial charge < -0.3 is 19.0 Å². The maximum atomic E-state index is 12.8. The largest absolute Gasteiger partial charge is 0.477 e. The van der Waals surface area contributed by atoms with Crippen molar-refractivity contribution in [3.63, 3.8) is 0 Å². The molecular formula is C21H25N5O4. The number of hydrogen-bond donors (Lipinski definition) is 0. The minimum absolute atomic E-state index is 0.0312. The lowest BCUT2D eigenvalue weighted by Gasteiger charge is -2.35. The molecule has 1 fully saturated rings. The fourth-order valence-corrected chi connectivity index (χ4v) is 3.42. The number of hydrogen-bond acceptors (Lipinski definition) is 7. The van der Waals surface area contributed by atoms with Gasteiger partial charge in [-0.15, -0.1) is 0 Å². The number of carbonyl (C=O) groups is 1. The summed E-state index contributed by atoms with van der Waals surface area (Å²) in [5.74, 6) is 1.13. The minimum atomic E-state index is -0.516. The third-order valence-corrected chi connectivity index (χ3v) is 5.02. The number of amides is 1. The van der Waals surface area contributed by atoms with Crippen molar-refractivity contribution in [1.82, 2.24) is 19.4 Å². The van der Waals surface area contributed by atoms with Crippen LogP contribution < -0.4 is 15.4 Å². The van der Waals surface area contributed by atoms with Crippen LogP contribution in [0.5, 0.6) is 5.88 Å². The van der Waals surface area contributed by atoms with E-state index >= 15 is 0 Å². The van der Waals surface area contributed by atoms with Crippen molar-refractivity contribution >= 4 is 22.8 Å². The SMILES string of the molecule is CC(C)COc1cc(N2CCN(C(=O)Cn3c(=O)oc4ccccc43)CC2)ncn1. The second kappa shape index (κ2) is 8.56. The molecule has 9 nitrogen and oxygen atoms in total. The molecular weight excluding hydrogens is 386 g/mol. The molecule has 0 unspecified atom stereocenters. The first-order valence-corrected chi connectivity index (χ1v) is 10.1. The summed E-state index contributed by atoms with van der Waals surface area (Å²) in [6.07, 6.45) is 1.50. The number of nitrogens with zero attached hydrogens (tertiary/aromatic N) is 5. The van der Waals surface area contributed by atoms with Gasteiger partial charge in [-0.3, -0.25) is 9.36 Å². The smallest absolute Gasteiger partial charge is 0.420 e. The van der Waals surface area contributed by atoms with E-state index in [0.717, 1.165) is 5.82 Å². The van der Waals surface area contributed by atoms with E-state index in [1.807, 2.05) is 12.1 Å². The highest BCUT2D eigenvalue weighted by Gasteiger charge is 2.24. The third-order valence-electron chi connectivity index (χ3n) is 5.02. The van der Waals surface area contributed by atoms with Crippen LogP contribution in [0.2, 0.25) is 0 Å². The molecule has 0 N–H and O–H groups in total. The van der Waals surface area contributed by atoms with Crippen LogP contribution >= 0.6 is 0 Å². The zero-order valence-corrected chi connectivity index (χ0v) is 17.2. The van der Waals surface area contributed by atoms with Crippen LogP contribution in [0.4, 0.5) is 5.82 Å². The third kappa shape index (κ3) is 4.29. The van der Waals surface area contributed by atoms with Gasteiger partial charge in [0.2, 0.25) is 11.8 Å². The summed E-state index contributed by atoms with van der Waals surface area (Å²) in [7, 11) is 0. The summed E-state index contributed by atoms with van der Waals surface area (Å²) in [6, 6.07) is 8.94. The molecule has 30 heavy (non-hydrogen) atoms. The normalized spacial score (nSPS) is 14.5. The van der Waals surface area contributed by atoms with Gasteiger partial charge in [0, 0.05) is 32.2 Å². The van der Waals surface area contributed by atoms with Crippen molar-refractivity contribution in [2.45, 2.75) is 20.4 Å². The molecule has 0 bridgehead atoms. The molecule has 2 aromatic heterocycles. The first-order chi connectivity index (χ1) is 14.5. The average Bonchev–Trinajstić information content (AvgIpc) is 3.07. The molecule has 1 amide bonds. The van der Waals surface area contributed by atoms with E-state index in [0.29, 0.717) is 55.7 Å². The quantitative estimate of drug-likeness (QED) is 0.610. The highest BCUT2D eigenvalue weighted by Crippen LogP contribution is 2.18. The minimum Gasteiger partial charge on any atom is -0.477 e. The molecule has 9 heteroatoms. The van der Waals surface area contributed by atoms with Crippen molar-refractivity contribution < 1.29 is 13.9 Å². The first kappa shape index (κ1) is 19.9. The topological polar surface area (TPSA) is 93.7 Å². The Morgan fingerprint density at radius 1 is 1.17 bits per heavy atom. The fourth-order valence-electron chi connectivity index (χ4n) is 3.42. The Balaban J connectivity index is 1.37. The summed E-state index contributed by atoms with van der Waals surface area (Å²) >= 11 is 0. The zero-order valence-electron chi connectivity index (χ0n) is 17.2. The summed E-state index contributed by atoms with van der Waals surface area (Å²) in [5, 5.41) is 0. The Morgan fingerprint density at radius 3 is 2.70 bits per heavy atom. The molecule has 158 valence electrons. The highest BCUT2D eigenvalue weighted by molar-refractivity contribution is 5.79. The maximum Gasteiger partial charge on any atom is 0.420 e. The molecule has 1 aromatic carbocycles. The van der Waals surface area contributed by atoms with E-state index in [1.165, 1.54) is 10.9 Å². The molecule has 1 aliphatic heterocycles. The lowest BCUT2D eigenvalue weighted by Crippen LogP contribution is -2.50. The lowest BCUT2D eigenvalue weighted by atomic mass is 10.2. The average molecular weight is 411 g/mol. The standard InChI is InChI=1S/C21H25N5O4/c1-15(2)13-29-19-11-18(22-14-23-19)24-7-9-25(10-8-24)20(27)12-26-16-5-3-4-6-17(16)30-21(26)28/h3-6,11,14-15H,7-10,12-13H2,1-2H3. The van der Waals surface area contributed by atoms with Crippen LogP contribution in [-0.4, -0.2) is 58.1 Å². The van der Waals surface area contributed by atoms with Gasteiger partial charge in [-0.05, 0) is 18.1 Å². The Morgan fingerprint density at radius 2 is 1.93 bits per heavy atom. The van der Waals surface area contributed by atoms with Gasteiger partial charge in [0.1, 0.15) is 18.7 Å². The highest BCUT2D eigenvalue weighted by atomic mass is 16.5. The molecule has 1 aliphatic rings. The van der Waals surface area contributed by atoms with Gasteiger partial charge in [-0.25, -0.2) is 14.8 Å². The molecule has 0 saturated carbocycles. The Labute approximate surface area is 173 Å². The van der Waals surface area contributed by atoms with Gasteiger partial charge in [-0.2, -0.15) is 0 Å². The van der Waals surface area contributed by atoms with E-state index in [1.54, 1.807) is 23.1 Å². The maximum absolute atomic E-state index is 12.8. The second-order valence-corrected chi connectivity index (χ2v) is 7.71. The summed E-state index contributed by atoms with van der Waals surface area (Å²) in [6.45, 7) is 7.13. The molecule has 3 heterocycles. The zero-order chi connectivity index (χ0) is 21.1. The van der Waals surface area contributed by atoms with Crippen molar-refractivity contribution in [3.05, 3.63) is 47.2 Å². The summed E-state index contributed by atoms with van der Waals surface area (Å²) in [5.41, 5.74) is 1.11. The predicted octanol–water partition coefficient (Wildman–Crippen LogP) is 1.77. The molecule has 0 atom stereocenters. The summed E-state index contributed by atoms with van der Waals surface area (Å²) in [4.78, 5) is 37.2. The fraction of sp³-hybridized carbons (Fsp3) is 0.429. The Hall–Kier alpha value is -3.36. The predicted molar refractivity (Wildman–Crippen MR) is 112 cm³/mol. The van der Waals surface area contributed by atoms with Crippen molar-refractivity contribution in [2.24, 2.45) is 5.92 Å². The van der Waals surface area contributed by atoms with E-state index in [4.69, 9.17) is 9.15 Å². The van der Waals surface area contributed by atoms with Crippen LogP contribution in [0.15, 0.2) is 45.9 Å². The molecule has 3 aromatic rings. The first-order valence-electron chi connectivity index (χ1n) is 10.1. The van der Waals surface area contributed by atoms with Crippen LogP contribution in [-0.2, 0) is 11.3 Å². The van der Waals surface area contributed by atoms with Gasteiger partial charge in [0.15, 0.2) is 5.58 Å². The number of oxazole rings is 1. The molecule has 1 saturated heterocycles. The van der Waals surface area contributed by atoms with Crippen LogP contribution in [0.3, 0.4) is 0 Å². The molecule has 0 aliphatic carbocycles. The van der Waals surface area contributed by atoms with Crippen molar-refractivity contribution in [3.8, 4) is 5.88 Å². The van der Waals surface area contributed by atoms with Crippen molar-refractivity contribution in [1.29, 1.82) is 0 Å². The number of ether oxygens (including phenoxy) is 1. The molecule has 4 rings (SSSR count). The van der Waals surface area contributed by atoms with Crippen LogP contribution in [0.25, 0.3) is 11.1 Å².